The van der Waals surface area contributed by atoms with E-state index >= 15 is 0 Å². The molecule has 0 aromatic rings. The first kappa shape index (κ1) is 7.52. The molecule has 0 heterocycles. The molecule has 8 heavy (non-hydrogen) atoms. The van der Waals surface area contributed by atoms with E-state index < -0.39 is 0 Å². The lowest BCUT2D eigenvalue weighted by atomic mass is 10.3. The van der Waals surface area contributed by atoms with Crippen molar-refractivity contribution in [1.29, 1.82) is 0 Å². The molecular formula is C7H13N. The molecule has 0 amide bonds. The summed E-state index contributed by atoms with van der Waals surface area (Å²) in [5.41, 5.74) is 0. The largest absolute Gasteiger partial charge is 0.317 e. The quantitative estimate of drug-likeness (QED) is 0.421. The van der Waals surface area contributed by atoms with E-state index in [1.807, 2.05) is 0 Å². The fourth-order valence-corrected chi connectivity index (χ4v) is 0.492. The highest BCUT2D eigenvalue weighted by atomic mass is 14.8. The zero-order valence-electron chi connectivity index (χ0n) is 5.41. The Labute approximate surface area is 51.5 Å². The van der Waals surface area contributed by atoms with E-state index in [9.17, 15) is 0 Å². The van der Waals surface area contributed by atoms with Gasteiger partial charge in [-0.05, 0) is 19.5 Å². The fraction of sp³-hybridized carbons (Fsp3) is 0.714. The first-order valence-electron chi connectivity index (χ1n) is 3.06. The fourth-order valence-electron chi connectivity index (χ4n) is 0.492. The van der Waals surface area contributed by atoms with Crippen LogP contribution >= 0.6 is 0 Å². The van der Waals surface area contributed by atoms with E-state index in [0.29, 0.717) is 0 Å². The molecule has 0 rings (SSSR count). The minimum atomic E-state index is 0.896. The van der Waals surface area contributed by atoms with E-state index in [-0.39, 0.29) is 0 Å². The van der Waals surface area contributed by atoms with E-state index in [0.717, 1.165) is 25.9 Å². The SMILES string of the molecule is C#CCCCNCC. The van der Waals surface area contributed by atoms with Crippen LogP contribution in [-0.4, -0.2) is 13.1 Å². The van der Waals surface area contributed by atoms with Crippen LogP contribution < -0.4 is 5.32 Å². The summed E-state index contributed by atoms with van der Waals surface area (Å²) < 4.78 is 0. The molecule has 0 aromatic carbocycles. The zero-order valence-corrected chi connectivity index (χ0v) is 5.41. The Morgan fingerprint density at radius 2 is 2.38 bits per heavy atom. The molecule has 0 bridgehead atoms. The van der Waals surface area contributed by atoms with Gasteiger partial charge in [-0.3, -0.25) is 0 Å². The van der Waals surface area contributed by atoms with Gasteiger partial charge in [0.15, 0.2) is 0 Å². The van der Waals surface area contributed by atoms with Gasteiger partial charge >= 0.3 is 0 Å². The molecule has 0 radical (unpaired) electrons. The third-order valence-electron chi connectivity index (χ3n) is 0.925. The molecule has 0 unspecified atom stereocenters. The van der Waals surface area contributed by atoms with Gasteiger partial charge < -0.3 is 5.32 Å². The monoisotopic (exact) mass is 111 g/mol. The molecule has 0 aromatic heterocycles. The lowest BCUT2D eigenvalue weighted by Gasteiger charge is -1.94. The number of unbranched alkanes of at least 4 members (excludes halogenated alkanes) is 1. The van der Waals surface area contributed by atoms with Crippen LogP contribution in [0.3, 0.4) is 0 Å². The summed E-state index contributed by atoms with van der Waals surface area (Å²) in [6, 6.07) is 0. The van der Waals surface area contributed by atoms with Crippen molar-refractivity contribution in [3.05, 3.63) is 0 Å². The molecule has 0 atom stereocenters. The normalized spacial score (nSPS) is 8.50. The van der Waals surface area contributed by atoms with Gasteiger partial charge in [0.1, 0.15) is 0 Å². The maximum Gasteiger partial charge on any atom is 0.00981 e. The zero-order chi connectivity index (χ0) is 6.24. The molecule has 0 aliphatic heterocycles. The van der Waals surface area contributed by atoms with E-state index in [1.165, 1.54) is 0 Å². The van der Waals surface area contributed by atoms with Gasteiger partial charge in [-0.15, -0.1) is 12.3 Å². The van der Waals surface area contributed by atoms with Crippen LogP contribution in [0.4, 0.5) is 0 Å². The molecule has 0 fully saturated rings. The van der Waals surface area contributed by atoms with Crippen LogP contribution in [0.5, 0.6) is 0 Å². The molecule has 46 valence electrons. The summed E-state index contributed by atoms with van der Waals surface area (Å²) in [6.07, 6.45) is 7.03. The molecule has 0 saturated heterocycles. The Morgan fingerprint density at radius 3 is 2.88 bits per heavy atom. The van der Waals surface area contributed by atoms with Crippen LogP contribution in [0, 0.1) is 12.3 Å². The maximum absolute atomic E-state index is 5.03. The van der Waals surface area contributed by atoms with Crippen LogP contribution in [0.2, 0.25) is 0 Å². The highest BCUT2D eigenvalue weighted by Crippen LogP contribution is 1.80. The summed E-state index contributed by atoms with van der Waals surface area (Å²) in [5, 5.41) is 3.19. The smallest absolute Gasteiger partial charge is 0.00981 e. The van der Waals surface area contributed by atoms with Crippen molar-refractivity contribution in [3.63, 3.8) is 0 Å². The van der Waals surface area contributed by atoms with Crippen molar-refractivity contribution in [2.75, 3.05) is 13.1 Å². The van der Waals surface area contributed by atoms with Gasteiger partial charge in [-0.2, -0.15) is 0 Å². The van der Waals surface area contributed by atoms with Crippen LogP contribution in [0.25, 0.3) is 0 Å². The van der Waals surface area contributed by atoms with E-state index in [2.05, 4.69) is 18.2 Å². The number of hydrogen-bond donors (Lipinski definition) is 1. The third-order valence-corrected chi connectivity index (χ3v) is 0.925. The topological polar surface area (TPSA) is 12.0 Å². The second-order valence-electron chi connectivity index (χ2n) is 1.66. The molecule has 0 saturated carbocycles. The molecule has 0 aliphatic carbocycles. The van der Waals surface area contributed by atoms with Crippen molar-refractivity contribution >= 4 is 0 Å². The van der Waals surface area contributed by atoms with Gasteiger partial charge in [0, 0.05) is 6.42 Å². The Bertz CT molecular complexity index is 70.9. The average molecular weight is 111 g/mol. The highest BCUT2D eigenvalue weighted by Gasteiger charge is 1.79. The van der Waals surface area contributed by atoms with Crippen LogP contribution in [0.15, 0.2) is 0 Å². The summed E-state index contributed by atoms with van der Waals surface area (Å²) in [4.78, 5) is 0. The summed E-state index contributed by atoms with van der Waals surface area (Å²) >= 11 is 0. The maximum atomic E-state index is 5.03. The van der Waals surface area contributed by atoms with Crippen molar-refractivity contribution in [2.45, 2.75) is 19.8 Å². The Morgan fingerprint density at radius 1 is 1.62 bits per heavy atom. The summed E-state index contributed by atoms with van der Waals surface area (Å²) in [5.74, 6) is 2.59. The van der Waals surface area contributed by atoms with Crippen molar-refractivity contribution < 1.29 is 0 Å². The minimum absolute atomic E-state index is 0.896. The average Bonchev–Trinajstić information content (AvgIpc) is 1.81. The van der Waals surface area contributed by atoms with Crippen LogP contribution in [-0.2, 0) is 0 Å². The number of rotatable bonds is 4. The van der Waals surface area contributed by atoms with E-state index in [4.69, 9.17) is 6.42 Å². The molecule has 1 heteroatoms. The van der Waals surface area contributed by atoms with Crippen molar-refractivity contribution in [1.82, 2.24) is 5.32 Å². The minimum Gasteiger partial charge on any atom is -0.317 e. The second kappa shape index (κ2) is 6.52. The molecule has 1 N–H and O–H groups in total. The first-order valence-corrected chi connectivity index (χ1v) is 3.06. The lowest BCUT2D eigenvalue weighted by Crippen LogP contribution is -2.13. The second-order valence-corrected chi connectivity index (χ2v) is 1.66. The van der Waals surface area contributed by atoms with Crippen molar-refractivity contribution in [2.24, 2.45) is 0 Å². The predicted octanol–water partition coefficient (Wildman–Crippen LogP) is 1.01. The van der Waals surface area contributed by atoms with Gasteiger partial charge in [-0.25, -0.2) is 0 Å². The van der Waals surface area contributed by atoms with Crippen LogP contribution in [0.1, 0.15) is 19.8 Å². The standard InChI is InChI=1S/C7H13N/c1-3-5-6-7-8-4-2/h1,8H,4-7H2,2H3. The molecule has 0 aliphatic rings. The van der Waals surface area contributed by atoms with Gasteiger partial charge in [-0.1, -0.05) is 6.92 Å². The third kappa shape index (κ3) is 5.52. The predicted molar refractivity (Wildman–Crippen MR) is 36.6 cm³/mol. The summed E-state index contributed by atoms with van der Waals surface area (Å²) in [7, 11) is 0. The highest BCUT2D eigenvalue weighted by molar-refractivity contribution is 4.83. The number of terminal acetylenes is 1. The Balaban J connectivity index is 2.65. The Hall–Kier alpha value is -0.480. The summed E-state index contributed by atoms with van der Waals surface area (Å²) in [6.45, 7) is 4.20. The molecular weight excluding hydrogens is 98.1 g/mol. The van der Waals surface area contributed by atoms with Crippen molar-refractivity contribution in [3.8, 4) is 12.3 Å². The van der Waals surface area contributed by atoms with Gasteiger partial charge in [0.25, 0.3) is 0 Å². The molecule has 1 nitrogen and oxygen atoms in total. The van der Waals surface area contributed by atoms with E-state index in [1.54, 1.807) is 0 Å². The first-order chi connectivity index (χ1) is 3.91. The van der Waals surface area contributed by atoms with Gasteiger partial charge in [0.2, 0.25) is 0 Å². The molecule has 0 spiro atoms. The lowest BCUT2D eigenvalue weighted by molar-refractivity contribution is 0.684. The Kier molecular flexibility index (Phi) is 6.13. The number of hydrogen-bond acceptors (Lipinski definition) is 1. The number of nitrogens with one attached hydrogen (secondary N) is 1. The van der Waals surface area contributed by atoms with Gasteiger partial charge in [0.05, 0.1) is 0 Å².